The van der Waals surface area contributed by atoms with Crippen LogP contribution >= 0.6 is 0 Å². The highest BCUT2D eigenvalue weighted by Crippen LogP contribution is 2.09. The van der Waals surface area contributed by atoms with Gasteiger partial charge in [-0.25, -0.2) is 0 Å². The Kier molecular flexibility index (Phi) is 6.89. The summed E-state index contributed by atoms with van der Waals surface area (Å²) >= 11 is 0. The molecule has 0 radical (unpaired) electrons. The van der Waals surface area contributed by atoms with Crippen molar-refractivity contribution in [3.63, 3.8) is 0 Å². The minimum atomic E-state index is -0.168. The zero-order valence-corrected chi connectivity index (χ0v) is 15.0. The molecule has 2 aromatic rings. The summed E-state index contributed by atoms with van der Waals surface area (Å²) in [5.41, 5.74) is 3.45. The maximum absolute atomic E-state index is 12.1. The van der Waals surface area contributed by atoms with Crippen molar-refractivity contribution in [2.75, 3.05) is 30.8 Å². The molecule has 0 saturated carbocycles. The molecule has 0 bridgehead atoms. The summed E-state index contributed by atoms with van der Waals surface area (Å²) in [4.78, 5) is 24.9. The predicted octanol–water partition coefficient (Wildman–Crippen LogP) is 1.15. The first-order chi connectivity index (χ1) is 12.5. The summed E-state index contributed by atoms with van der Waals surface area (Å²) in [6.45, 7) is 2.36. The Morgan fingerprint density at radius 3 is 1.85 bits per heavy atom. The van der Waals surface area contributed by atoms with E-state index >= 15 is 0 Å². The molecule has 1 unspecified atom stereocenters. The molecule has 0 fully saturated rings. The van der Waals surface area contributed by atoms with Crippen molar-refractivity contribution in [1.82, 2.24) is 0 Å². The molecule has 2 rings (SSSR count). The van der Waals surface area contributed by atoms with Gasteiger partial charge in [0.2, 0.25) is 0 Å². The number of carbonyl (C=O) groups excluding carboxylic acids is 2. The quantitative estimate of drug-likeness (QED) is 0.699. The zero-order chi connectivity index (χ0) is 18.9. The van der Waals surface area contributed by atoms with Crippen molar-refractivity contribution in [3.8, 4) is 6.07 Å². The van der Waals surface area contributed by atoms with Gasteiger partial charge >= 0.3 is 0 Å². The van der Waals surface area contributed by atoms with Gasteiger partial charge in [-0.05, 0) is 36.8 Å². The first-order valence-corrected chi connectivity index (χ1v) is 8.40. The smallest absolute Gasteiger partial charge is 0.279 e. The van der Waals surface area contributed by atoms with E-state index in [0.29, 0.717) is 12.1 Å². The van der Waals surface area contributed by atoms with Crippen molar-refractivity contribution in [2.45, 2.75) is 13.3 Å². The van der Waals surface area contributed by atoms with Crippen molar-refractivity contribution < 1.29 is 14.5 Å². The lowest BCUT2D eigenvalue weighted by atomic mass is 10.1. The Morgan fingerprint density at radius 2 is 1.38 bits per heavy atom. The highest BCUT2D eigenvalue weighted by molar-refractivity contribution is 5.93. The molecule has 1 atom stereocenters. The molecule has 2 amide bonds. The highest BCUT2D eigenvalue weighted by atomic mass is 16.2. The van der Waals surface area contributed by atoms with E-state index in [1.54, 1.807) is 19.2 Å². The summed E-state index contributed by atoms with van der Waals surface area (Å²) in [6, 6.07) is 16.8. The number of nitrogens with one attached hydrogen (secondary N) is 3. The first-order valence-electron chi connectivity index (χ1n) is 8.40. The van der Waals surface area contributed by atoms with Crippen LogP contribution in [0, 0.1) is 18.3 Å². The molecule has 0 aliphatic rings. The molecule has 3 N–H and O–H groups in total. The number of nitriles is 1. The topological polar surface area (TPSA) is 86.4 Å². The van der Waals surface area contributed by atoms with E-state index in [2.05, 4.69) is 16.7 Å². The summed E-state index contributed by atoms with van der Waals surface area (Å²) in [7, 11) is 1.80. The van der Waals surface area contributed by atoms with Gasteiger partial charge in [0.25, 0.3) is 11.8 Å². The molecule has 26 heavy (non-hydrogen) atoms. The normalized spacial score (nSPS) is 11.3. The number of likely N-dealkylation sites (N-methyl/N-ethyl adjacent to an activating group) is 1. The fraction of sp³-hybridized carbons (Fsp3) is 0.250. The second-order valence-corrected chi connectivity index (χ2v) is 6.30. The molecular weight excluding hydrogens is 328 g/mol. The van der Waals surface area contributed by atoms with Crippen molar-refractivity contribution in [1.29, 1.82) is 5.26 Å². The summed E-state index contributed by atoms with van der Waals surface area (Å²) in [5.74, 6) is -0.307. The Bertz CT molecular complexity index is 792. The Hall–Kier alpha value is -3.17. The number of aryl methyl sites for hydroxylation is 1. The second kappa shape index (κ2) is 9.35. The van der Waals surface area contributed by atoms with Gasteiger partial charge in [-0.2, -0.15) is 5.26 Å². The van der Waals surface area contributed by atoms with Crippen LogP contribution in [0.15, 0.2) is 48.5 Å². The highest BCUT2D eigenvalue weighted by Gasteiger charge is 2.14. The van der Waals surface area contributed by atoms with E-state index in [-0.39, 0.29) is 24.9 Å². The minimum Gasteiger partial charge on any atom is -0.322 e. The van der Waals surface area contributed by atoms with Crippen LogP contribution in [0.2, 0.25) is 0 Å². The molecule has 6 nitrogen and oxygen atoms in total. The molecule has 2 aromatic carbocycles. The molecule has 0 saturated heterocycles. The number of rotatable bonds is 7. The van der Waals surface area contributed by atoms with Crippen molar-refractivity contribution in [3.05, 3.63) is 59.7 Å². The van der Waals surface area contributed by atoms with E-state index in [1.165, 1.54) is 0 Å². The fourth-order valence-corrected chi connectivity index (χ4v) is 2.46. The molecular formula is C20H23N4O2+. The third kappa shape index (κ3) is 6.38. The van der Waals surface area contributed by atoms with E-state index in [9.17, 15) is 9.59 Å². The van der Waals surface area contributed by atoms with Gasteiger partial charge in [-0.3, -0.25) is 9.59 Å². The van der Waals surface area contributed by atoms with Crippen LogP contribution in [0.4, 0.5) is 11.4 Å². The van der Waals surface area contributed by atoms with Crippen LogP contribution in [0.25, 0.3) is 0 Å². The third-order valence-corrected chi connectivity index (χ3v) is 3.78. The number of carbonyl (C=O) groups is 2. The number of hydrogen-bond acceptors (Lipinski definition) is 3. The lowest BCUT2D eigenvalue weighted by molar-refractivity contribution is -0.862. The maximum atomic E-state index is 12.1. The zero-order valence-electron chi connectivity index (χ0n) is 15.0. The van der Waals surface area contributed by atoms with E-state index in [4.69, 9.17) is 5.26 Å². The lowest BCUT2D eigenvalue weighted by Crippen LogP contribution is -3.11. The molecule has 0 aromatic heterocycles. The number of nitrogens with zero attached hydrogens (tertiary/aromatic N) is 1. The lowest BCUT2D eigenvalue weighted by Gasteiger charge is -2.14. The van der Waals surface area contributed by atoms with Crippen molar-refractivity contribution in [2.24, 2.45) is 0 Å². The Labute approximate surface area is 153 Å². The molecule has 0 spiro atoms. The second-order valence-electron chi connectivity index (χ2n) is 6.30. The number of amides is 2. The average Bonchev–Trinajstić information content (AvgIpc) is 2.58. The fourth-order valence-electron chi connectivity index (χ4n) is 2.46. The van der Waals surface area contributed by atoms with Gasteiger partial charge < -0.3 is 15.5 Å². The summed E-state index contributed by atoms with van der Waals surface area (Å²) in [5, 5.41) is 14.3. The Balaban J connectivity index is 1.78. The largest absolute Gasteiger partial charge is 0.322 e. The van der Waals surface area contributed by atoms with E-state index < -0.39 is 0 Å². The van der Waals surface area contributed by atoms with Crippen LogP contribution in [0.1, 0.15) is 11.1 Å². The molecule has 0 heterocycles. The maximum Gasteiger partial charge on any atom is 0.279 e. The van der Waals surface area contributed by atoms with Crippen LogP contribution in [-0.2, 0) is 16.0 Å². The van der Waals surface area contributed by atoms with Crippen LogP contribution < -0.4 is 15.5 Å². The Morgan fingerprint density at radius 1 is 0.923 bits per heavy atom. The first kappa shape index (κ1) is 19.2. The van der Waals surface area contributed by atoms with Gasteiger partial charge in [0, 0.05) is 11.4 Å². The van der Waals surface area contributed by atoms with E-state index in [0.717, 1.165) is 21.7 Å². The van der Waals surface area contributed by atoms with Gasteiger partial charge in [-0.1, -0.05) is 29.8 Å². The van der Waals surface area contributed by atoms with Crippen molar-refractivity contribution >= 4 is 23.2 Å². The van der Waals surface area contributed by atoms with Crippen LogP contribution in [0.3, 0.4) is 0 Å². The predicted molar refractivity (Wildman–Crippen MR) is 101 cm³/mol. The number of anilines is 2. The van der Waals surface area contributed by atoms with Gasteiger partial charge in [-0.15, -0.1) is 0 Å². The SMILES string of the molecule is Cc1ccc(NC(=O)C[NH+](C)CC(=O)Nc2ccc(CC#N)cc2)cc1. The number of benzene rings is 2. The van der Waals surface area contributed by atoms with E-state index in [1.807, 2.05) is 43.3 Å². The summed E-state index contributed by atoms with van der Waals surface area (Å²) < 4.78 is 0. The van der Waals surface area contributed by atoms with Gasteiger partial charge in [0.15, 0.2) is 13.1 Å². The van der Waals surface area contributed by atoms with Crippen LogP contribution in [-0.4, -0.2) is 32.0 Å². The molecule has 6 heteroatoms. The number of hydrogen-bond donors (Lipinski definition) is 3. The molecule has 0 aliphatic carbocycles. The third-order valence-electron chi connectivity index (χ3n) is 3.78. The molecule has 134 valence electrons. The summed E-state index contributed by atoms with van der Waals surface area (Å²) in [6.07, 6.45) is 0.344. The minimum absolute atomic E-state index is 0.139. The number of quaternary nitrogens is 1. The van der Waals surface area contributed by atoms with Gasteiger partial charge in [0.05, 0.1) is 19.5 Å². The van der Waals surface area contributed by atoms with Crippen LogP contribution in [0.5, 0.6) is 0 Å². The molecule has 0 aliphatic heterocycles. The monoisotopic (exact) mass is 351 g/mol. The van der Waals surface area contributed by atoms with Gasteiger partial charge in [0.1, 0.15) is 0 Å². The standard InChI is InChI=1S/C20H22N4O2/c1-15-3-7-17(8-4-15)22-19(25)13-24(2)14-20(26)23-18-9-5-16(6-10-18)11-12-21/h3-10H,11,13-14H2,1-2H3,(H,22,25)(H,23,26)/p+1. The average molecular weight is 351 g/mol.